The molecular formula is C17H26S2. The van der Waals surface area contributed by atoms with E-state index < -0.39 is 0 Å². The molecule has 0 fully saturated rings. The fraction of sp³-hybridized carbons (Fsp3) is 0.529. The first-order valence-electron chi connectivity index (χ1n) is 6.74. The van der Waals surface area contributed by atoms with Crippen molar-refractivity contribution in [1.29, 1.82) is 0 Å². The Morgan fingerprint density at radius 3 is 2.00 bits per heavy atom. The first-order chi connectivity index (χ1) is 8.67. The fourth-order valence-corrected chi connectivity index (χ4v) is 3.04. The van der Waals surface area contributed by atoms with Crippen LogP contribution in [0.2, 0.25) is 0 Å². The molecule has 0 unspecified atom stereocenters. The Balaban J connectivity index is 2.86. The largest absolute Gasteiger partial charge is 0.151 e. The van der Waals surface area contributed by atoms with Gasteiger partial charge in [0.25, 0.3) is 0 Å². The number of rotatable bonds is 4. The van der Waals surface area contributed by atoms with E-state index in [4.69, 9.17) is 0 Å². The second kappa shape index (κ2) is 6.90. The molecule has 0 heterocycles. The van der Waals surface area contributed by atoms with Gasteiger partial charge >= 0.3 is 0 Å². The maximum absolute atomic E-state index is 2.34. The van der Waals surface area contributed by atoms with Crippen molar-refractivity contribution < 1.29 is 0 Å². The van der Waals surface area contributed by atoms with Crippen LogP contribution >= 0.6 is 23.5 Å². The minimum absolute atomic E-state index is 0.270. The maximum Gasteiger partial charge on any atom is 0.0200 e. The molecule has 0 saturated carbocycles. The lowest BCUT2D eigenvalue weighted by Crippen LogP contribution is -2.09. The molecule has 0 nitrogen and oxygen atoms in total. The van der Waals surface area contributed by atoms with E-state index in [9.17, 15) is 0 Å². The molecule has 0 amide bonds. The van der Waals surface area contributed by atoms with Crippen LogP contribution in [-0.4, -0.2) is 15.2 Å². The summed E-state index contributed by atoms with van der Waals surface area (Å²) in [5.41, 5.74) is 2.77. The second-order valence-corrected chi connectivity index (χ2v) is 10.1. The molecule has 0 N–H and O–H groups in total. The van der Waals surface area contributed by atoms with Gasteiger partial charge in [-0.25, -0.2) is 0 Å². The van der Waals surface area contributed by atoms with Gasteiger partial charge < -0.3 is 0 Å². The van der Waals surface area contributed by atoms with Crippen molar-refractivity contribution in [3.8, 4) is 0 Å². The summed E-state index contributed by atoms with van der Waals surface area (Å²) >= 11 is 3.92. The molecule has 0 aliphatic rings. The van der Waals surface area contributed by atoms with E-state index in [1.54, 1.807) is 0 Å². The molecular weight excluding hydrogens is 268 g/mol. The lowest BCUT2D eigenvalue weighted by atomic mass is 10.1. The SMILES string of the molecule is CC(C)(C)S/C=C(/CSC(C)(C)C)c1ccccc1. The van der Waals surface area contributed by atoms with Crippen molar-refractivity contribution in [1.82, 2.24) is 0 Å². The molecule has 1 aromatic carbocycles. The Kier molecular flexibility index (Phi) is 6.07. The molecule has 0 aliphatic heterocycles. The Labute approximate surface area is 127 Å². The van der Waals surface area contributed by atoms with Crippen LogP contribution in [0, 0.1) is 0 Å². The van der Waals surface area contributed by atoms with Gasteiger partial charge in [0.2, 0.25) is 0 Å². The third kappa shape index (κ3) is 7.74. The van der Waals surface area contributed by atoms with Gasteiger partial charge in [-0.1, -0.05) is 71.9 Å². The van der Waals surface area contributed by atoms with Crippen molar-refractivity contribution in [3.05, 3.63) is 41.3 Å². The summed E-state index contributed by atoms with van der Waals surface area (Å²) in [5.74, 6) is 1.07. The highest BCUT2D eigenvalue weighted by molar-refractivity contribution is 8.03. The highest BCUT2D eigenvalue weighted by Gasteiger charge is 2.14. The zero-order chi connectivity index (χ0) is 14.5. The predicted octanol–water partition coefficient (Wildman–Crippen LogP) is 6.09. The zero-order valence-corrected chi connectivity index (χ0v) is 14.6. The van der Waals surface area contributed by atoms with Crippen LogP contribution in [0.3, 0.4) is 0 Å². The minimum atomic E-state index is 0.270. The summed E-state index contributed by atoms with van der Waals surface area (Å²) in [4.78, 5) is 0. The number of hydrogen-bond acceptors (Lipinski definition) is 2. The summed E-state index contributed by atoms with van der Waals surface area (Å²) in [5, 5.41) is 2.34. The topological polar surface area (TPSA) is 0 Å². The lowest BCUT2D eigenvalue weighted by Gasteiger charge is -2.20. The number of thioether (sulfide) groups is 2. The van der Waals surface area contributed by atoms with Gasteiger partial charge in [0.15, 0.2) is 0 Å². The summed E-state index contributed by atoms with van der Waals surface area (Å²) in [6.07, 6.45) is 0. The van der Waals surface area contributed by atoms with E-state index in [0.29, 0.717) is 4.75 Å². The lowest BCUT2D eigenvalue weighted by molar-refractivity contribution is 0.805. The average Bonchev–Trinajstić information content (AvgIpc) is 2.27. The molecule has 0 saturated heterocycles. The van der Waals surface area contributed by atoms with Crippen LogP contribution < -0.4 is 0 Å². The fourth-order valence-electron chi connectivity index (χ4n) is 1.38. The standard InChI is InChI=1S/C17H26S2/c1-16(2,3)18-12-15(13-19-17(4,5)6)14-10-8-7-9-11-14/h7-12H,13H2,1-6H3/b15-12-. The van der Waals surface area contributed by atoms with Gasteiger partial charge in [0.1, 0.15) is 0 Å². The monoisotopic (exact) mass is 294 g/mol. The molecule has 1 rings (SSSR count). The number of benzene rings is 1. The highest BCUT2D eigenvalue weighted by Crippen LogP contribution is 2.33. The van der Waals surface area contributed by atoms with Crippen LogP contribution in [0.4, 0.5) is 0 Å². The molecule has 0 aromatic heterocycles. The average molecular weight is 295 g/mol. The van der Waals surface area contributed by atoms with Crippen molar-refractivity contribution in [2.75, 3.05) is 5.75 Å². The van der Waals surface area contributed by atoms with E-state index >= 15 is 0 Å². The first-order valence-corrected chi connectivity index (χ1v) is 8.60. The van der Waals surface area contributed by atoms with Crippen molar-refractivity contribution >= 4 is 29.1 Å². The van der Waals surface area contributed by atoms with Crippen LogP contribution in [-0.2, 0) is 0 Å². The molecule has 2 heteroatoms. The van der Waals surface area contributed by atoms with Crippen LogP contribution in [0.15, 0.2) is 35.7 Å². The van der Waals surface area contributed by atoms with Crippen LogP contribution in [0.5, 0.6) is 0 Å². The Hall–Kier alpha value is -0.340. The number of hydrogen-bond donors (Lipinski definition) is 0. The van der Waals surface area contributed by atoms with Crippen molar-refractivity contribution in [2.24, 2.45) is 0 Å². The van der Waals surface area contributed by atoms with Gasteiger partial charge in [-0.15, -0.1) is 11.8 Å². The molecule has 106 valence electrons. The molecule has 0 bridgehead atoms. The van der Waals surface area contributed by atoms with Gasteiger partial charge in [-0.05, 0) is 16.5 Å². The van der Waals surface area contributed by atoms with E-state index in [-0.39, 0.29) is 4.75 Å². The van der Waals surface area contributed by atoms with Gasteiger partial charge in [-0.2, -0.15) is 11.8 Å². The molecule has 0 radical (unpaired) electrons. The van der Waals surface area contributed by atoms with Gasteiger partial charge in [0, 0.05) is 15.2 Å². The van der Waals surface area contributed by atoms with E-state index in [0.717, 1.165) is 5.75 Å². The first kappa shape index (κ1) is 16.7. The maximum atomic E-state index is 2.34. The highest BCUT2D eigenvalue weighted by atomic mass is 32.2. The molecule has 1 aromatic rings. The van der Waals surface area contributed by atoms with E-state index in [2.05, 4.69) is 77.3 Å². The Morgan fingerprint density at radius 2 is 1.53 bits per heavy atom. The Morgan fingerprint density at radius 1 is 0.947 bits per heavy atom. The molecule has 0 aliphatic carbocycles. The zero-order valence-electron chi connectivity index (χ0n) is 13.0. The smallest absolute Gasteiger partial charge is 0.0200 e. The van der Waals surface area contributed by atoms with Crippen molar-refractivity contribution in [2.45, 2.75) is 51.0 Å². The van der Waals surface area contributed by atoms with Crippen molar-refractivity contribution in [3.63, 3.8) is 0 Å². The van der Waals surface area contributed by atoms with Crippen LogP contribution in [0.25, 0.3) is 5.57 Å². The third-order valence-corrected chi connectivity index (χ3v) is 4.79. The van der Waals surface area contributed by atoms with E-state index in [1.165, 1.54) is 11.1 Å². The Bertz CT molecular complexity index is 405. The summed E-state index contributed by atoms with van der Waals surface area (Å²) in [7, 11) is 0. The summed E-state index contributed by atoms with van der Waals surface area (Å²) < 4.78 is 0.576. The molecule has 0 spiro atoms. The molecule has 19 heavy (non-hydrogen) atoms. The normalized spacial score (nSPS) is 13.7. The predicted molar refractivity (Wildman–Crippen MR) is 94.0 cm³/mol. The second-order valence-electron chi connectivity index (χ2n) is 6.64. The van der Waals surface area contributed by atoms with Gasteiger partial charge in [-0.3, -0.25) is 0 Å². The summed E-state index contributed by atoms with van der Waals surface area (Å²) in [6.45, 7) is 13.6. The minimum Gasteiger partial charge on any atom is -0.151 e. The molecule has 0 atom stereocenters. The summed E-state index contributed by atoms with van der Waals surface area (Å²) in [6, 6.07) is 10.7. The van der Waals surface area contributed by atoms with E-state index in [1.807, 2.05) is 23.5 Å². The third-order valence-electron chi connectivity index (χ3n) is 2.36. The van der Waals surface area contributed by atoms with Gasteiger partial charge in [0.05, 0.1) is 0 Å². The quantitative estimate of drug-likeness (QED) is 0.659. The van der Waals surface area contributed by atoms with Crippen LogP contribution in [0.1, 0.15) is 47.1 Å².